The normalized spacial score (nSPS) is 18.2. The number of rotatable bonds is 6. The maximum atomic E-state index is 12.2. The van der Waals surface area contributed by atoms with Crippen LogP contribution in [0.15, 0.2) is 35.6 Å². The molecular weight excluding hydrogens is 286 g/mol. The van der Waals surface area contributed by atoms with Crippen LogP contribution in [-0.4, -0.2) is 47.1 Å². The molecule has 0 bridgehead atoms. The van der Waals surface area contributed by atoms with Gasteiger partial charge in [0.25, 0.3) is 5.91 Å². The number of aliphatic hydroxyl groups excluding tert-OH is 1. The predicted octanol–water partition coefficient (Wildman–Crippen LogP) is 1.71. The van der Waals surface area contributed by atoms with Crippen LogP contribution in [0.3, 0.4) is 0 Å². The Morgan fingerprint density at radius 3 is 2.45 bits per heavy atom. The fraction of sp³-hybridized carbons (Fsp3) is 0.375. The van der Waals surface area contributed by atoms with Gasteiger partial charge in [0.15, 0.2) is 11.5 Å². The maximum absolute atomic E-state index is 12.2. The second kappa shape index (κ2) is 6.62. The van der Waals surface area contributed by atoms with E-state index in [2.05, 4.69) is 0 Å². The minimum atomic E-state index is -0.637. The molecule has 22 heavy (non-hydrogen) atoms. The molecule has 0 saturated carbocycles. The van der Waals surface area contributed by atoms with Crippen LogP contribution >= 0.6 is 0 Å². The zero-order valence-corrected chi connectivity index (χ0v) is 12.6. The average Bonchev–Trinajstić information content (AvgIpc) is 2.73. The maximum Gasteiger partial charge on any atom is 0.290 e. The fourth-order valence-electron chi connectivity index (χ4n) is 2.63. The van der Waals surface area contributed by atoms with Gasteiger partial charge in [-0.25, -0.2) is 0 Å². The van der Waals surface area contributed by atoms with E-state index in [-0.39, 0.29) is 17.1 Å². The van der Waals surface area contributed by atoms with E-state index in [1.54, 1.807) is 19.2 Å². The number of phenolic OH excluding ortho intramolecular Hbond substituents is 1. The molecule has 6 heteroatoms. The van der Waals surface area contributed by atoms with E-state index in [0.717, 1.165) is 0 Å². The van der Waals surface area contributed by atoms with Crippen LogP contribution in [0.5, 0.6) is 5.75 Å². The van der Waals surface area contributed by atoms with Crippen molar-refractivity contribution in [2.75, 3.05) is 20.3 Å². The number of carbonyl (C=O) groups excluding carboxylic acids is 2. The molecule has 1 atom stereocenters. The summed E-state index contributed by atoms with van der Waals surface area (Å²) >= 11 is 0. The topological polar surface area (TPSA) is 87.1 Å². The number of carbonyl (C=O) groups is 2. The smallest absolute Gasteiger partial charge is 0.290 e. The van der Waals surface area contributed by atoms with E-state index >= 15 is 0 Å². The molecule has 1 aromatic rings. The quantitative estimate of drug-likeness (QED) is 0.781. The molecule has 0 saturated heterocycles. The van der Waals surface area contributed by atoms with Gasteiger partial charge in [-0.2, -0.15) is 0 Å². The highest BCUT2D eigenvalue weighted by molar-refractivity contribution is 6.08. The Bertz CT molecular complexity index is 605. The Kier molecular flexibility index (Phi) is 4.82. The first-order valence-electron chi connectivity index (χ1n) is 7.00. The minimum absolute atomic E-state index is 0.0908. The van der Waals surface area contributed by atoms with Crippen LogP contribution < -0.4 is 0 Å². The van der Waals surface area contributed by atoms with Gasteiger partial charge in [0, 0.05) is 20.3 Å². The summed E-state index contributed by atoms with van der Waals surface area (Å²) in [5.41, 5.74) is 0.755. The fourth-order valence-corrected chi connectivity index (χ4v) is 2.63. The van der Waals surface area contributed by atoms with Crippen LogP contribution in [-0.2, 0) is 14.3 Å². The average molecular weight is 305 g/mol. The Labute approximate surface area is 128 Å². The van der Waals surface area contributed by atoms with Gasteiger partial charge < -0.3 is 19.8 Å². The van der Waals surface area contributed by atoms with E-state index in [1.807, 2.05) is 0 Å². The molecule has 1 amide bonds. The molecule has 1 aliphatic heterocycles. The van der Waals surface area contributed by atoms with Gasteiger partial charge in [0.05, 0.1) is 11.6 Å². The molecule has 0 aliphatic carbocycles. The summed E-state index contributed by atoms with van der Waals surface area (Å²) in [4.78, 5) is 25.6. The number of phenols is 1. The molecule has 118 valence electrons. The highest BCUT2D eigenvalue weighted by Crippen LogP contribution is 2.38. The largest absolute Gasteiger partial charge is 0.508 e. The second-order valence-electron chi connectivity index (χ2n) is 5.16. The Morgan fingerprint density at radius 1 is 1.27 bits per heavy atom. The molecule has 1 aromatic carbocycles. The number of Topliss-reactive ketones (excluding diaryl/α,β-unsaturated/α-hetero) is 1. The van der Waals surface area contributed by atoms with Crippen molar-refractivity contribution < 1.29 is 24.5 Å². The first-order chi connectivity index (χ1) is 10.5. The number of hydrogen-bond acceptors (Lipinski definition) is 5. The lowest BCUT2D eigenvalue weighted by Gasteiger charge is -2.26. The van der Waals surface area contributed by atoms with Gasteiger partial charge in [-0.15, -0.1) is 0 Å². The van der Waals surface area contributed by atoms with Gasteiger partial charge in [-0.05, 0) is 31.0 Å². The monoisotopic (exact) mass is 305 g/mol. The van der Waals surface area contributed by atoms with Crippen molar-refractivity contribution in [2.45, 2.75) is 19.4 Å². The van der Waals surface area contributed by atoms with Crippen LogP contribution in [0.25, 0.3) is 0 Å². The lowest BCUT2D eigenvalue weighted by molar-refractivity contribution is -0.129. The van der Waals surface area contributed by atoms with Crippen molar-refractivity contribution in [2.24, 2.45) is 0 Å². The van der Waals surface area contributed by atoms with Gasteiger partial charge in [0.1, 0.15) is 5.75 Å². The molecule has 1 heterocycles. The van der Waals surface area contributed by atoms with E-state index in [4.69, 9.17) is 4.74 Å². The molecule has 1 unspecified atom stereocenters. The Balaban J connectivity index is 2.39. The number of amides is 1. The first-order valence-corrected chi connectivity index (χ1v) is 7.00. The number of ether oxygens (including phenoxy) is 1. The third-order valence-electron chi connectivity index (χ3n) is 3.64. The van der Waals surface area contributed by atoms with Crippen molar-refractivity contribution in [3.05, 3.63) is 41.2 Å². The zero-order chi connectivity index (χ0) is 16.3. The van der Waals surface area contributed by atoms with Crippen molar-refractivity contribution in [1.29, 1.82) is 0 Å². The summed E-state index contributed by atoms with van der Waals surface area (Å²) in [7, 11) is 1.57. The Hall–Kier alpha value is -2.34. The lowest BCUT2D eigenvalue weighted by Crippen LogP contribution is -2.32. The van der Waals surface area contributed by atoms with Crippen LogP contribution in [0.2, 0.25) is 0 Å². The number of ketones is 1. The van der Waals surface area contributed by atoms with Crippen molar-refractivity contribution in [3.63, 3.8) is 0 Å². The van der Waals surface area contributed by atoms with E-state index in [1.165, 1.54) is 24.0 Å². The van der Waals surface area contributed by atoms with Crippen molar-refractivity contribution in [3.8, 4) is 5.75 Å². The van der Waals surface area contributed by atoms with Crippen LogP contribution in [0.1, 0.15) is 24.9 Å². The third-order valence-corrected chi connectivity index (χ3v) is 3.64. The van der Waals surface area contributed by atoms with E-state index < -0.39 is 17.7 Å². The number of nitrogens with zero attached hydrogens (tertiary/aromatic N) is 1. The van der Waals surface area contributed by atoms with E-state index in [0.29, 0.717) is 25.1 Å². The summed E-state index contributed by atoms with van der Waals surface area (Å²) < 4.78 is 4.98. The number of methoxy groups -OCH3 is 1. The van der Waals surface area contributed by atoms with Gasteiger partial charge in [0.2, 0.25) is 0 Å². The first kappa shape index (κ1) is 16.0. The van der Waals surface area contributed by atoms with Gasteiger partial charge in [-0.1, -0.05) is 12.1 Å². The number of hydrogen-bond donors (Lipinski definition) is 2. The van der Waals surface area contributed by atoms with Gasteiger partial charge >= 0.3 is 0 Å². The molecule has 0 aromatic heterocycles. The van der Waals surface area contributed by atoms with Gasteiger partial charge in [-0.3, -0.25) is 9.59 Å². The lowest BCUT2D eigenvalue weighted by atomic mass is 9.96. The number of benzene rings is 1. The molecule has 1 aliphatic rings. The SMILES string of the molecule is COCCCN1C(=O)C(O)=C(C(C)=O)C1c1ccc(O)cc1. The summed E-state index contributed by atoms with van der Waals surface area (Å²) in [6.07, 6.45) is 0.593. The predicted molar refractivity (Wildman–Crippen MR) is 79.4 cm³/mol. The second-order valence-corrected chi connectivity index (χ2v) is 5.16. The minimum Gasteiger partial charge on any atom is -0.508 e. The molecule has 0 radical (unpaired) electrons. The van der Waals surface area contributed by atoms with Crippen LogP contribution in [0.4, 0.5) is 0 Å². The summed E-state index contributed by atoms with van der Waals surface area (Å²) in [5.74, 6) is -1.31. The van der Waals surface area contributed by atoms with E-state index in [9.17, 15) is 19.8 Å². The molecule has 0 fully saturated rings. The summed E-state index contributed by atoms with van der Waals surface area (Å²) in [5, 5.41) is 19.4. The Morgan fingerprint density at radius 2 is 1.91 bits per heavy atom. The highest BCUT2D eigenvalue weighted by Gasteiger charge is 2.41. The summed E-state index contributed by atoms with van der Waals surface area (Å²) in [6.45, 7) is 2.16. The van der Waals surface area contributed by atoms with Crippen LogP contribution in [0, 0.1) is 0 Å². The molecule has 6 nitrogen and oxygen atoms in total. The van der Waals surface area contributed by atoms with Crippen molar-refractivity contribution >= 4 is 11.7 Å². The molecule has 2 N–H and O–H groups in total. The number of aromatic hydroxyl groups is 1. The highest BCUT2D eigenvalue weighted by atomic mass is 16.5. The third kappa shape index (κ3) is 2.96. The number of aliphatic hydroxyl groups is 1. The zero-order valence-electron chi connectivity index (χ0n) is 12.6. The standard InChI is InChI=1S/C16H19NO5/c1-10(18)13-14(11-4-6-12(19)7-5-11)17(8-3-9-22-2)16(21)15(13)20/h4-7,14,19-20H,3,8-9H2,1-2H3. The molecule has 2 rings (SSSR count). The summed E-state index contributed by atoms with van der Waals surface area (Å²) in [6, 6.07) is 5.61. The molecule has 0 spiro atoms. The molecular formula is C16H19NO5. The van der Waals surface area contributed by atoms with Crippen molar-refractivity contribution in [1.82, 2.24) is 4.90 Å².